The first-order valence-electron chi connectivity index (χ1n) is 7.77. The Morgan fingerprint density at radius 1 is 1.11 bits per heavy atom. The lowest BCUT2D eigenvalue weighted by Gasteiger charge is -2.20. The smallest absolute Gasteiger partial charge is 0.408 e. The molecule has 0 bridgehead atoms. The van der Waals surface area contributed by atoms with Gasteiger partial charge < -0.3 is 14.9 Å². The Morgan fingerprint density at radius 3 is 2.26 bits per heavy atom. The van der Waals surface area contributed by atoms with Crippen LogP contribution in [0.2, 0.25) is 0 Å². The van der Waals surface area contributed by atoms with Crippen molar-refractivity contribution in [2.24, 2.45) is 0 Å². The first-order valence-corrected chi connectivity index (χ1v) is 7.77. The van der Waals surface area contributed by atoms with E-state index in [1.54, 1.807) is 35.6 Å². The van der Waals surface area contributed by atoms with Crippen molar-refractivity contribution in [2.75, 3.05) is 0 Å². The van der Waals surface area contributed by atoms with Gasteiger partial charge in [-0.15, -0.1) is 5.06 Å². The number of nitrogens with zero attached hydrogens (tertiary/aromatic N) is 1. The molecule has 1 atom stereocenters. The van der Waals surface area contributed by atoms with E-state index in [-0.39, 0.29) is 24.5 Å². The summed E-state index contributed by atoms with van der Waals surface area (Å²) in [6.45, 7) is -0.233. The number of hydroxylamine groups is 2. The van der Waals surface area contributed by atoms with Gasteiger partial charge in [0.2, 0.25) is 0 Å². The molecule has 11 heteroatoms. The first kappa shape index (κ1) is 20.2. The average molecular weight is 388 g/mol. The van der Waals surface area contributed by atoms with Gasteiger partial charge in [-0.3, -0.25) is 9.59 Å². The number of carbonyl (C=O) groups excluding carboxylic acids is 4. The second-order valence-corrected chi connectivity index (χ2v) is 5.57. The maximum atomic E-state index is 12.7. The van der Waals surface area contributed by atoms with Crippen LogP contribution < -0.4 is 5.32 Å². The number of carbonyl (C=O) groups is 4. The van der Waals surface area contributed by atoms with Crippen LogP contribution in [0.5, 0.6) is 0 Å². The molecule has 3 amide bonds. The van der Waals surface area contributed by atoms with Gasteiger partial charge in [0.1, 0.15) is 12.6 Å². The third-order valence-corrected chi connectivity index (χ3v) is 3.41. The molecule has 1 saturated heterocycles. The van der Waals surface area contributed by atoms with Crippen molar-refractivity contribution in [1.82, 2.24) is 10.4 Å². The van der Waals surface area contributed by atoms with Crippen molar-refractivity contribution >= 4 is 23.9 Å². The van der Waals surface area contributed by atoms with E-state index in [0.29, 0.717) is 5.56 Å². The number of alkyl halides is 3. The second-order valence-electron chi connectivity index (χ2n) is 5.57. The third kappa shape index (κ3) is 6.28. The Morgan fingerprint density at radius 2 is 1.70 bits per heavy atom. The molecule has 27 heavy (non-hydrogen) atoms. The van der Waals surface area contributed by atoms with Crippen molar-refractivity contribution < 1.29 is 41.9 Å². The largest absolute Gasteiger partial charge is 0.445 e. The standard InChI is InChI=1S/C16H15F3N2O6/c17-16(18,19)8-11(14(24)27-21-12(22)6-7-13(21)23)20-15(25)26-9-10-4-2-1-3-5-10/h1-5,11H,6-9H2,(H,20,25). The van der Waals surface area contributed by atoms with Gasteiger partial charge in [-0.2, -0.15) is 13.2 Å². The quantitative estimate of drug-likeness (QED) is 0.746. The molecule has 1 aliphatic rings. The Balaban J connectivity index is 1.98. The highest BCUT2D eigenvalue weighted by atomic mass is 19.4. The van der Waals surface area contributed by atoms with E-state index in [2.05, 4.69) is 4.84 Å². The normalized spacial score (nSPS) is 15.4. The van der Waals surface area contributed by atoms with Gasteiger partial charge in [-0.05, 0) is 5.56 Å². The lowest BCUT2D eigenvalue weighted by atomic mass is 10.2. The molecule has 1 unspecified atom stereocenters. The van der Waals surface area contributed by atoms with Crippen LogP contribution in [0.1, 0.15) is 24.8 Å². The fraction of sp³-hybridized carbons (Fsp3) is 0.375. The Kier molecular flexibility index (Phi) is 6.37. The topological polar surface area (TPSA) is 102 Å². The highest BCUT2D eigenvalue weighted by Crippen LogP contribution is 2.23. The van der Waals surface area contributed by atoms with Gasteiger partial charge in [0.05, 0.1) is 6.42 Å². The van der Waals surface area contributed by atoms with Gasteiger partial charge in [0.25, 0.3) is 11.8 Å². The minimum atomic E-state index is -4.82. The molecule has 0 spiro atoms. The van der Waals surface area contributed by atoms with Crippen molar-refractivity contribution in [2.45, 2.75) is 38.1 Å². The van der Waals surface area contributed by atoms with Crippen LogP contribution in [-0.4, -0.2) is 41.2 Å². The number of nitrogens with one attached hydrogen (secondary N) is 1. The Hall–Kier alpha value is -3.11. The Labute approximate surface area is 151 Å². The van der Waals surface area contributed by atoms with Gasteiger partial charge in [-0.1, -0.05) is 30.3 Å². The zero-order chi connectivity index (χ0) is 20.0. The molecule has 1 aromatic rings. The van der Waals surface area contributed by atoms with Crippen LogP contribution in [0.4, 0.5) is 18.0 Å². The molecular formula is C16H15F3N2O6. The number of alkyl carbamates (subject to hydrolysis) is 1. The maximum Gasteiger partial charge on any atom is 0.408 e. The zero-order valence-electron chi connectivity index (χ0n) is 13.8. The summed E-state index contributed by atoms with van der Waals surface area (Å²) < 4.78 is 42.8. The molecule has 1 heterocycles. The number of amides is 3. The third-order valence-electron chi connectivity index (χ3n) is 3.41. The van der Waals surface area contributed by atoms with Crippen LogP contribution in [0.25, 0.3) is 0 Å². The summed E-state index contributed by atoms with van der Waals surface area (Å²) in [5.41, 5.74) is 0.579. The van der Waals surface area contributed by atoms with Crippen molar-refractivity contribution in [1.29, 1.82) is 0 Å². The van der Waals surface area contributed by atoms with E-state index < -0.39 is 42.5 Å². The number of hydrogen-bond donors (Lipinski definition) is 1. The summed E-state index contributed by atoms with van der Waals surface area (Å²) in [5.74, 6) is -3.32. The average Bonchev–Trinajstić information content (AvgIpc) is 2.91. The van der Waals surface area contributed by atoms with E-state index in [1.807, 2.05) is 0 Å². The molecule has 0 radical (unpaired) electrons. The monoisotopic (exact) mass is 388 g/mol. The zero-order valence-corrected chi connectivity index (χ0v) is 13.8. The van der Waals surface area contributed by atoms with Crippen LogP contribution >= 0.6 is 0 Å². The number of imide groups is 1. The second kappa shape index (κ2) is 8.52. The molecule has 1 aromatic carbocycles. The van der Waals surface area contributed by atoms with E-state index in [9.17, 15) is 32.3 Å². The van der Waals surface area contributed by atoms with Crippen LogP contribution in [0.3, 0.4) is 0 Å². The Bertz CT molecular complexity index is 707. The summed E-state index contributed by atoms with van der Waals surface area (Å²) in [4.78, 5) is 50.9. The summed E-state index contributed by atoms with van der Waals surface area (Å²) in [5, 5.41) is 1.84. The van der Waals surface area contributed by atoms with Gasteiger partial charge in [0.15, 0.2) is 0 Å². The minimum absolute atomic E-state index is 0.0999. The number of benzene rings is 1. The minimum Gasteiger partial charge on any atom is -0.445 e. The van der Waals surface area contributed by atoms with Gasteiger partial charge in [-0.25, -0.2) is 9.59 Å². The van der Waals surface area contributed by atoms with E-state index in [4.69, 9.17) is 4.74 Å². The number of hydrogen-bond acceptors (Lipinski definition) is 6. The molecule has 0 aliphatic carbocycles. The summed E-state index contributed by atoms with van der Waals surface area (Å²) in [7, 11) is 0. The number of ether oxygens (including phenoxy) is 1. The number of rotatable bonds is 6. The SMILES string of the molecule is O=C(NC(CC(F)(F)F)C(=O)ON1C(=O)CCC1=O)OCc1ccccc1. The molecule has 0 saturated carbocycles. The lowest BCUT2D eigenvalue weighted by molar-refractivity contribution is -0.202. The predicted octanol–water partition coefficient (Wildman–Crippen LogP) is 1.84. The van der Waals surface area contributed by atoms with Crippen molar-refractivity contribution in [3.63, 3.8) is 0 Å². The summed E-state index contributed by atoms with van der Waals surface area (Å²) in [6, 6.07) is 6.13. The van der Waals surface area contributed by atoms with Crippen LogP contribution in [0, 0.1) is 0 Å². The van der Waals surface area contributed by atoms with E-state index in [1.165, 1.54) is 0 Å². The highest BCUT2D eigenvalue weighted by molar-refractivity contribution is 6.01. The molecule has 1 aliphatic heterocycles. The molecule has 8 nitrogen and oxygen atoms in total. The maximum absolute atomic E-state index is 12.7. The van der Waals surface area contributed by atoms with Crippen LogP contribution in [-0.2, 0) is 30.6 Å². The van der Waals surface area contributed by atoms with Crippen LogP contribution in [0.15, 0.2) is 30.3 Å². The highest BCUT2D eigenvalue weighted by Gasteiger charge is 2.40. The summed E-state index contributed by atoms with van der Waals surface area (Å²) in [6.07, 6.45) is -8.31. The molecule has 1 fully saturated rings. The van der Waals surface area contributed by atoms with Gasteiger partial charge >= 0.3 is 18.2 Å². The van der Waals surface area contributed by atoms with E-state index in [0.717, 1.165) is 0 Å². The summed E-state index contributed by atoms with van der Waals surface area (Å²) >= 11 is 0. The number of halogens is 3. The van der Waals surface area contributed by atoms with Gasteiger partial charge in [0, 0.05) is 12.8 Å². The fourth-order valence-electron chi connectivity index (χ4n) is 2.14. The predicted molar refractivity (Wildman–Crippen MR) is 81.4 cm³/mol. The van der Waals surface area contributed by atoms with Crippen molar-refractivity contribution in [3.05, 3.63) is 35.9 Å². The lowest BCUT2D eigenvalue weighted by Crippen LogP contribution is -2.47. The first-order chi connectivity index (χ1) is 12.7. The van der Waals surface area contributed by atoms with E-state index >= 15 is 0 Å². The molecule has 1 N–H and O–H groups in total. The fourth-order valence-corrected chi connectivity index (χ4v) is 2.14. The van der Waals surface area contributed by atoms with Crippen molar-refractivity contribution in [3.8, 4) is 0 Å². The molecule has 2 rings (SSSR count). The molecule has 146 valence electrons. The molecule has 0 aromatic heterocycles. The molecular weight excluding hydrogens is 373 g/mol.